The summed E-state index contributed by atoms with van der Waals surface area (Å²) in [4.78, 5) is 27.6. The van der Waals surface area contributed by atoms with Gasteiger partial charge >= 0.3 is 5.97 Å². The maximum absolute atomic E-state index is 12.1. The highest BCUT2D eigenvalue weighted by atomic mass is 16.5. The van der Waals surface area contributed by atoms with Crippen LogP contribution < -0.4 is 5.32 Å². The highest BCUT2D eigenvalue weighted by Gasteiger charge is 2.18. The van der Waals surface area contributed by atoms with Crippen molar-refractivity contribution < 1.29 is 14.3 Å². The molecule has 0 bridgehead atoms. The second kappa shape index (κ2) is 7.97. The minimum Gasteiger partial charge on any atom is -0.469 e. The number of carbonyl (C=O) groups is 2. The first-order chi connectivity index (χ1) is 10.7. The van der Waals surface area contributed by atoms with Gasteiger partial charge in [-0.3, -0.25) is 9.59 Å². The van der Waals surface area contributed by atoms with Crippen LogP contribution in [0.1, 0.15) is 24.4 Å². The molecular formula is C16H19N3O3. The molecule has 0 fully saturated rings. The van der Waals surface area contributed by atoms with Gasteiger partial charge in [-0.05, 0) is 5.56 Å². The van der Waals surface area contributed by atoms with Crippen molar-refractivity contribution in [2.75, 3.05) is 7.11 Å². The molecule has 1 aromatic carbocycles. The Balaban J connectivity index is 1.96. The van der Waals surface area contributed by atoms with Crippen LogP contribution in [-0.2, 0) is 20.9 Å². The number of aryl methyl sites for hydroxylation is 1. The molecule has 0 aliphatic heterocycles. The standard InChI is InChI=1S/C16H19N3O3/c1-22-16(21)11-14(13-5-3-2-4-6-13)18-15(20)7-9-19-10-8-17-12-19/h2-6,8,10,12,14H,7,9,11H2,1H3,(H,18,20). The van der Waals surface area contributed by atoms with Gasteiger partial charge in [-0.25, -0.2) is 4.98 Å². The molecule has 0 spiro atoms. The summed E-state index contributed by atoms with van der Waals surface area (Å²) in [5.74, 6) is -0.477. The van der Waals surface area contributed by atoms with Crippen molar-refractivity contribution in [2.24, 2.45) is 0 Å². The van der Waals surface area contributed by atoms with Crippen LogP contribution in [0.3, 0.4) is 0 Å². The zero-order valence-electron chi connectivity index (χ0n) is 12.4. The van der Waals surface area contributed by atoms with Crippen LogP contribution >= 0.6 is 0 Å². The number of nitrogens with zero attached hydrogens (tertiary/aromatic N) is 2. The Bertz CT molecular complexity index is 596. The summed E-state index contributed by atoms with van der Waals surface area (Å²) in [6.45, 7) is 0.547. The van der Waals surface area contributed by atoms with Gasteiger partial charge in [0.15, 0.2) is 0 Å². The molecule has 22 heavy (non-hydrogen) atoms. The monoisotopic (exact) mass is 301 g/mol. The maximum atomic E-state index is 12.1. The minimum atomic E-state index is -0.385. The predicted molar refractivity (Wildman–Crippen MR) is 80.8 cm³/mol. The Morgan fingerprint density at radius 1 is 1.32 bits per heavy atom. The van der Waals surface area contributed by atoms with Gasteiger partial charge in [-0.1, -0.05) is 30.3 Å². The normalized spacial score (nSPS) is 11.7. The molecule has 6 heteroatoms. The number of esters is 1. The van der Waals surface area contributed by atoms with Crippen molar-refractivity contribution in [1.29, 1.82) is 0 Å². The van der Waals surface area contributed by atoms with Crippen LogP contribution in [-0.4, -0.2) is 28.5 Å². The largest absolute Gasteiger partial charge is 0.469 e. The molecule has 0 saturated carbocycles. The number of imidazole rings is 1. The molecule has 0 radical (unpaired) electrons. The van der Waals surface area contributed by atoms with Gasteiger partial charge in [-0.15, -0.1) is 0 Å². The topological polar surface area (TPSA) is 73.2 Å². The highest BCUT2D eigenvalue weighted by molar-refractivity contribution is 5.78. The first-order valence-electron chi connectivity index (χ1n) is 7.06. The fraction of sp³-hybridized carbons (Fsp3) is 0.312. The molecule has 116 valence electrons. The number of carbonyl (C=O) groups excluding carboxylic acids is 2. The SMILES string of the molecule is COC(=O)CC(NC(=O)CCn1ccnc1)c1ccccc1. The highest BCUT2D eigenvalue weighted by Crippen LogP contribution is 2.17. The van der Waals surface area contributed by atoms with Gasteiger partial charge in [0.2, 0.25) is 5.91 Å². The lowest BCUT2D eigenvalue weighted by Gasteiger charge is -2.18. The van der Waals surface area contributed by atoms with Crippen LogP contribution in [0.4, 0.5) is 0 Å². The van der Waals surface area contributed by atoms with Gasteiger partial charge in [0, 0.05) is 25.4 Å². The van der Waals surface area contributed by atoms with Crippen molar-refractivity contribution in [2.45, 2.75) is 25.4 Å². The molecule has 0 saturated heterocycles. The van der Waals surface area contributed by atoms with Crippen LogP contribution in [0.15, 0.2) is 49.1 Å². The number of methoxy groups -OCH3 is 1. The Kier molecular flexibility index (Phi) is 5.71. The molecule has 1 aromatic heterocycles. The zero-order valence-corrected chi connectivity index (χ0v) is 12.4. The number of ether oxygens (including phenoxy) is 1. The summed E-state index contributed by atoms with van der Waals surface area (Å²) in [6.07, 6.45) is 5.56. The molecular weight excluding hydrogens is 282 g/mol. The van der Waals surface area contributed by atoms with E-state index in [1.54, 1.807) is 18.7 Å². The van der Waals surface area contributed by atoms with Crippen LogP contribution in [0.25, 0.3) is 0 Å². The minimum absolute atomic E-state index is 0.108. The number of benzene rings is 1. The molecule has 0 aliphatic carbocycles. The number of rotatable bonds is 7. The van der Waals surface area contributed by atoms with Crippen molar-refractivity contribution in [1.82, 2.24) is 14.9 Å². The fourth-order valence-corrected chi connectivity index (χ4v) is 2.10. The molecule has 6 nitrogen and oxygen atoms in total. The first-order valence-corrected chi connectivity index (χ1v) is 7.06. The lowest BCUT2D eigenvalue weighted by atomic mass is 10.0. The summed E-state index contributed by atoms with van der Waals surface area (Å²) >= 11 is 0. The number of amides is 1. The van der Waals surface area contributed by atoms with E-state index in [1.807, 2.05) is 34.9 Å². The van der Waals surface area contributed by atoms with Gasteiger partial charge in [0.1, 0.15) is 0 Å². The quantitative estimate of drug-likeness (QED) is 0.790. The van der Waals surface area contributed by atoms with Gasteiger partial charge < -0.3 is 14.6 Å². The molecule has 1 unspecified atom stereocenters. The Labute approximate surface area is 129 Å². The zero-order chi connectivity index (χ0) is 15.8. The van der Waals surface area contributed by atoms with E-state index in [-0.39, 0.29) is 24.3 Å². The molecule has 2 aromatic rings. The summed E-state index contributed by atoms with van der Waals surface area (Å²) in [6, 6.07) is 9.01. The smallest absolute Gasteiger partial charge is 0.307 e. The third kappa shape index (κ3) is 4.73. The molecule has 1 heterocycles. The number of hydrogen-bond donors (Lipinski definition) is 1. The maximum Gasteiger partial charge on any atom is 0.307 e. The van der Waals surface area contributed by atoms with Crippen LogP contribution in [0.5, 0.6) is 0 Å². The van der Waals surface area contributed by atoms with E-state index < -0.39 is 0 Å². The second-order valence-electron chi connectivity index (χ2n) is 4.86. The third-order valence-corrected chi connectivity index (χ3v) is 3.29. The lowest BCUT2D eigenvalue weighted by Crippen LogP contribution is -2.31. The van der Waals surface area contributed by atoms with E-state index in [2.05, 4.69) is 10.3 Å². The van der Waals surface area contributed by atoms with Crippen LogP contribution in [0, 0.1) is 0 Å². The average Bonchev–Trinajstić information content (AvgIpc) is 3.06. The summed E-state index contributed by atoms with van der Waals surface area (Å²) in [7, 11) is 1.34. The van der Waals surface area contributed by atoms with Crippen LogP contribution in [0.2, 0.25) is 0 Å². The Morgan fingerprint density at radius 3 is 2.73 bits per heavy atom. The number of nitrogens with one attached hydrogen (secondary N) is 1. The predicted octanol–water partition coefficient (Wildman–Crippen LogP) is 1.69. The number of aromatic nitrogens is 2. The van der Waals surface area contributed by atoms with Gasteiger partial charge in [0.25, 0.3) is 0 Å². The Hall–Kier alpha value is -2.63. The van der Waals surface area contributed by atoms with Crippen molar-refractivity contribution in [3.63, 3.8) is 0 Å². The fourth-order valence-electron chi connectivity index (χ4n) is 2.10. The van der Waals surface area contributed by atoms with Crippen molar-refractivity contribution in [3.05, 3.63) is 54.6 Å². The van der Waals surface area contributed by atoms with E-state index in [1.165, 1.54) is 7.11 Å². The first kappa shape index (κ1) is 15.8. The van der Waals surface area contributed by atoms with E-state index in [0.717, 1.165) is 5.56 Å². The third-order valence-electron chi connectivity index (χ3n) is 3.29. The van der Waals surface area contributed by atoms with E-state index in [0.29, 0.717) is 13.0 Å². The number of hydrogen-bond acceptors (Lipinski definition) is 4. The lowest BCUT2D eigenvalue weighted by molar-refractivity contribution is -0.141. The molecule has 1 atom stereocenters. The summed E-state index contributed by atoms with van der Waals surface area (Å²) in [5.41, 5.74) is 0.879. The van der Waals surface area contributed by atoms with E-state index in [9.17, 15) is 9.59 Å². The van der Waals surface area contributed by atoms with E-state index in [4.69, 9.17) is 4.74 Å². The Morgan fingerprint density at radius 2 is 2.09 bits per heavy atom. The van der Waals surface area contributed by atoms with E-state index >= 15 is 0 Å². The summed E-state index contributed by atoms with van der Waals surface area (Å²) < 4.78 is 6.53. The molecule has 2 rings (SSSR count). The second-order valence-corrected chi connectivity index (χ2v) is 4.86. The molecule has 1 amide bonds. The van der Waals surface area contributed by atoms with Crippen molar-refractivity contribution >= 4 is 11.9 Å². The van der Waals surface area contributed by atoms with Gasteiger partial charge in [0.05, 0.1) is 25.9 Å². The molecule has 0 aliphatic rings. The van der Waals surface area contributed by atoms with Crippen molar-refractivity contribution in [3.8, 4) is 0 Å². The molecule has 1 N–H and O–H groups in total. The van der Waals surface area contributed by atoms with Gasteiger partial charge in [-0.2, -0.15) is 0 Å². The summed E-state index contributed by atoms with van der Waals surface area (Å²) in [5, 5.41) is 2.89. The average molecular weight is 301 g/mol.